The number of alkyl halides is 2. The maximum absolute atomic E-state index is 12.3. The molecule has 0 aromatic heterocycles. The average Bonchev–Trinajstić information content (AvgIpc) is 1.97. The molecule has 0 aliphatic carbocycles. The fraction of sp³-hybridized carbons (Fsp3) is 0.778. The first-order valence-electron chi connectivity index (χ1n) is 4.16. The highest BCUT2D eigenvalue weighted by Crippen LogP contribution is 2.13. The summed E-state index contributed by atoms with van der Waals surface area (Å²) in [6.07, 6.45) is 2.12. The molecular formula is C9H17F2NO. The van der Waals surface area contributed by atoms with E-state index in [0.717, 1.165) is 13.0 Å². The van der Waals surface area contributed by atoms with Crippen LogP contribution in [0.4, 0.5) is 8.78 Å². The van der Waals surface area contributed by atoms with Gasteiger partial charge >= 0.3 is 0 Å². The van der Waals surface area contributed by atoms with E-state index in [9.17, 15) is 8.78 Å². The molecule has 0 spiro atoms. The molecule has 0 fully saturated rings. The van der Waals surface area contributed by atoms with Crippen molar-refractivity contribution in [1.29, 1.82) is 0 Å². The van der Waals surface area contributed by atoms with Crippen LogP contribution >= 0.6 is 0 Å². The minimum Gasteiger partial charge on any atom is -0.370 e. The Labute approximate surface area is 77.8 Å². The molecule has 0 aromatic rings. The predicted octanol–water partition coefficient (Wildman–Crippen LogP) is 1.95. The Hall–Kier alpha value is -0.480. The van der Waals surface area contributed by atoms with E-state index in [4.69, 9.17) is 10.5 Å². The highest BCUT2D eigenvalue weighted by Gasteiger charge is 2.16. The fourth-order valence-corrected chi connectivity index (χ4v) is 0.588. The fourth-order valence-electron chi connectivity index (χ4n) is 0.588. The van der Waals surface area contributed by atoms with E-state index in [0.29, 0.717) is 6.54 Å². The summed E-state index contributed by atoms with van der Waals surface area (Å²) in [5, 5.41) is 0. The summed E-state index contributed by atoms with van der Waals surface area (Å²) >= 11 is 0. The Bertz CT molecular complexity index is 173. The number of halogens is 2. The highest BCUT2D eigenvalue weighted by molar-refractivity contribution is 4.92. The molecule has 13 heavy (non-hydrogen) atoms. The van der Waals surface area contributed by atoms with Crippen molar-refractivity contribution in [3.63, 3.8) is 0 Å². The van der Waals surface area contributed by atoms with E-state index in [-0.39, 0.29) is 6.61 Å². The first-order valence-corrected chi connectivity index (χ1v) is 4.16. The lowest BCUT2D eigenvalue weighted by atomic mass is 10.1. The molecular weight excluding hydrogens is 176 g/mol. The minimum absolute atomic E-state index is 0.160. The maximum Gasteiger partial charge on any atom is 0.263 e. The second-order valence-corrected chi connectivity index (χ2v) is 3.63. The molecule has 0 bridgehead atoms. The smallest absolute Gasteiger partial charge is 0.263 e. The Kier molecular flexibility index (Phi) is 4.50. The minimum atomic E-state index is -2.77. The topological polar surface area (TPSA) is 35.2 Å². The van der Waals surface area contributed by atoms with E-state index >= 15 is 0 Å². The van der Waals surface area contributed by atoms with E-state index in [1.54, 1.807) is 0 Å². The highest BCUT2D eigenvalue weighted by atomic mass is 19.3. The number of hydrogen-bond acceptors (Lipinski definition) is 2. The third kappa shape index (κ3) is 7.87. The molecule has 78 valence electrons. The maximum atomic E-state index is 12.3. The van der Waals surface area contributed by atoms with Crippen molar-refractivity contribution in [2.75, 3.05) is 13.2 Å². The number of ether oxygens (including phenoxy) is 1. The van der Waals surface area contributed by atoms with Gasteiger partial charge in [0, 0.05) is 13.5 Å². The van der Waals surface area contributed by atoms with Crippen LogP contribution in [-0.4, -0.2) is 24.7 Å². The zero-order valence-electron chi connectivity index (χ0n) is 8.31. The third-order valence-corrected chi connectivity index (χ3v) is 1.47. The van der Waals surface area contributed by atoms with Crippen LogP contribution in [0.25, 0.3) is 0 Å². The van der Waals surface area contributed by atoms with Gasteiger partial charge in [-0.1, -0.05) is 6.08 Å². The number of nitrogens with two attached hydrogens (primary N) is 1. The molecule has 0 atom stereocenters. The number of rotatable bonds is 5. The lowest BCUT2D eigenvalue weighted by molar-refractivity contribution is 0.00533. The summed E-state index contributed by atoms with van der Waals surface area (Å²) in [6.45, 7) is 4.98. The first kappa shape index (κ1) is 12.5. The van der Waals surface area contributed by atoms with Gasteiger partial charge in [-0.25, -0.2) is 8.78 Å². The van der Waals surface area contributed by atoms with Crippen LogP contribution < -0.4 is 5.73 Å². The summed E-state index contributed by atoms with van der Waals surface area (Å²) < 4.78 is 29.7. The first-order chi connectivity index (χ1) is 5.77. The molecule has 2 N–H and O–H groups in total. The Morgan fingerprint density at radius 3 is 2.23 bits per heavy atom. The van der Waals surface area contributed by atoms with Gasteiger partial charge in [-0.15, -0.1) is 0 Å². The van der Waals surface area contributed by atoms with Gasteiger partial charge < -0.3 is 10.5 Å². The van der Waals surface area contributed by atoms with Crippen LogP contribution in [-0.2, 0) is 4.74 Å². The number of hydrogen-bond donors (Lipinski definition) is 1. The monoisotopic (exact) mass is 193 g/mol. The zero-order chi connectivity index (χ0) is 10.5. The Balaban J connectivity index is 3.74. The van der Waals surface area contributed by atoms with Gasteiger partial charge in [0.15, 0.2) is 0 Å². The largest absolute Gasteiger partial charge is 0.370 e. The van der Waals surface area contributed by atoms with Gasteiger partial charge in [0.05, 0.1) is 12.2 Å². The summed E-state index contributed by atoms with van der Waals surface area (Å²) in [5.41, 5.74) is 4.93. The van der Waals surface area contributed by atoms with Crippen molar-refractivity contribution < 1.29 is 13.5 Å². The van der Waals surface area contributed by atoms with Gasteiger partial charge in [0.25, 0.3) is 5.92 Å². The molecule has 0 rings (SSSR count). The van der Waals surface area contributed by atoms with Gasteiger partial charge in [-0.3, -0.25) is 0 Å². The van der Waals surface area contributed by atoms with E-state index in [1.807, 2.05) is 13.8 Å². The molecule has 4 heteroatoms. The van der Waals surface area contributed by atoms with Crippen LogP contribution in [0.2, 0.25) is 0 Å². The van der Waals surface area contributed by atoms with E-state index in [2.05, 4.69) is 0 Å². The normalized spacial score (nSPS) is 14.0. The molecule has 0 unspecified atom stereocenters. The second kappa shape index (κ2) is 4.67. The van der Waals surface area contributed by atoms with E-state index in [1.165, 1.54) is 6.08 Å². The summed E-state index contributed by atoms with van der Waals surface area (Å²) in [6, 6.07) is 0. The van der Waals surface area contributed by atoms with Crippen molar-refractivity contribution in [2.24, 2.45) is 5.73 Å². The van der Waals surface area contributed by atoms with Crippen LogP contribution in [0.5, 0.6) is 0 Å². The van der Waals surface area contributed by atoms with Crippen LogP contribution in [0.15, 0.2) is 12.2 Å². The van der Waals surface area contributed by atoms with Crippen LogP contribution in [0.3, 0.4) is 0 Å². The van der Waals surface area contributed by atoms with Crippen LogP contribution in [0, 0.1) is 0 Å². The van der Waals surface area contributed by atoms with Gasteiger partial charge in [-0.05, 0) is 19.9 Å². The summed E-state index contributed by atoms with van der Waals surface area (Å²) in [5.74, 6) is -2.77. The molecule has 0 saturated carbocycles. The summed E-state index contributed by atoms with van der Waals surface area (Å²) in [7, 11) is 0. The quantitative estimate of drug-likeness (QED) is 0.677. The molecule has 0 aliphatic heterocycles. The van der Waals surface area contributed by atoms with Gasteiger partial charge in [0.1, 0.15) is 0 Å². The van der Waals surface area contributed by atoms with Crippen molar-refractivity contribution in [1.82, 2.24) is 0 Å². The van der Waals surface area contributed by atoms with Gasteiger partial charge in [-0.2, -0.15) is 0 Å². The standard InChI is InChI=1S/C9H17F2NO/c1-8(2,7-12)13-6-4-5-9(3,10)11/h4-5H,6-7,12H2,1-3H3. The van der Waals surface area contributed by atoms with Crippen LogP contribution in [0.1, 0.15) is 20.8 Å². The van der Waals surface area contributed by atoms with Crippen molar-refractivity contribution in [2.45, 2.75) is 32.3 Å². The summed E-state index contributed by atoms with van der Waals surface area (Å²) in [4.78, 5) is 0. The van der Waals surface area contributed by atoms with Crippen molar-refractivity contribution in [3.8, 4) is 0 Å². The SMILES string of the molecule is CC(F)(F)C=CCOC(C)(C)CN. The number of allylic oxidation sites excluding steroid dienone is 1. The van der Waals surface area contributed by atoms with E-state index < -0.39 is 11.5 Å². The van der Waals surface area contributed by atoms with Crippen molar-refractivity contribution in [3.05, 3.63) is 12.2 Å². The molecule has 0 aromatic carbocycles. The Morgan fingerprint density at radius 1 is 1.31 bits per heavy atom. The lowest BCUT2D eigenvalue weighted by Crippen LogP contribution is -2.34. The molecule has 0 amide bonds. The predicted molar refractivity (Wildman–Crippen MR) is 48.8 cm³/mol. The molecule has 0 saturated heterocycles. The molecule has 0 radical (unpaired) electrons. The molecule has 0 heterocycles. The lowest BCUT2D eigenvalue weighted by Gasteiger charge is -2.22. The van der Waals surface area contributed by atoms with Crippen molar-refractivity contribution >= 4 is 0 Å². The van der Waals surface area contributed by atoms with Gasteiger partial charge in [0.2, 0.25) is 0 Å². The molecule has 2 nitrogen and oxygen atoms in total. The Morgan fingerprint density at radius 2 is 1.85 bits per heavy atom. The second-order valence-electron chi connectivity index (χ2n) is 3.63. The molecule has 0 aliphatic rings. The zero-order valence-corrected chi connectivity index (χ0v) is 8.31. The third-order valence-electron chi connectivity index (χ3n) is 1.47. The average molecular weight is 193 g/mol.